The van der Waals surface area contributed by atoms with E-state index >= 15 is 0 Å². The van der Waals surface area contributed by atoms with E-state index in [1.165, 1.54) is 10.6 Å². The van der Waals surface area contributed by atoms with Crippen LogP contribution < -0.4 is 10.9 Å². The first kappa shape index (κ1) is 16.2. The Labute approximate surface area is 128 Å². The van der Waals surface area contributed by atoms with Crippen LogP contribution in [-0.2, 0) is 0 Å². The molecule has 1 unspecified atom stereocenters. The molecule has 0 aliphatic rings. The van der Waals surface area contributed by atoms with Gasteiger partial charge in [-0.3, -0.25) is 14.0 Å². The van der Waals surface area contributed by atoms with Crippen molar-refractivity contribution in [1.82, 2.24) is 14.7 Å². The summed E-state index contributed by atoms with van der Waals surface area (Å²) in [6.45, 7) is 4.12. The zero-order valence-electron chi connectivity index (χ0n) is 12.8. The maximum atomic E-state index is 12.3. The highest BCUT2D eigenvalue weighted by Gasteiger charge is 2.18. The fraction of sp³-hybridized carbons (Fsp3) is 0.438. The van der Waals surface area contributed by atoms with E-state index in [1.807, 2.05) is 13.8 Å². The molecule has 0 aliphatic heterocycles. The lowest BCUT2D eigenvalue weighted by atomic mass is 9.96. The molecule has 1 amide bonds. The van der Waals surface area contributed by atoms with E-state index in [9.17, 15) is 14.7 Å². The first-order chi connectivity index (χ1) is 10.6. The molecule has 118 valence electrons. The molecule has 0 spiro atoms. The molecule has 2 N–H and O–H groups in total. The van der Waals surface area contributed by atoms with Crippen LogP contribution in [0.3, 0.4) is 0 Å². The molecule has 0 aromatic carbocycles. The van der Waals surface area contributed by atoms with Crippen LogP contribution >= 0.6 is 0 Å². The molecule has 22 heavy (non-hydrogen) atoms. The Hall–Kier alpha value is -2.21. The molecule has 0 saturated heterocycles. The zero-order chi connectivity index (χ0) is 16.1. The van der Waals surface area contributed by atoms with E-state index < -0.39 is 17.6 Å². The lowest BCUT2D eigenvalue weighted by Crippen LogP contribution is -2.38. The Morgan fingerprint density at radius 3 is 2.77 bits per heavy atom. The number of nitrogens with zero attached hydrogens (tertiary/aromatic N) is 2. The second-order valence-electron chi connectivity index (χ2n) is 5.26. The minimum absolute atomic E-state index is 0.0274. The molecule has 0 radical (unpaired) electrons. The van der Waals surface area contributed by atoms with E-state index in [-0.39, 0.29) is 18.0 Å². The number of carbonyl (C=O) groups is 1. The van der Waals surface area contributed by atoms with Crippen molar-refractivity contribution in [3.63, 3.8) is 0 Å². The van der Waals surface area contributed by atoms with Crippen molar-refractivity contribution >= 4 is 11.6 Å². The highest BCUT2D eigenvalue weighted by molar-refractivity contribution is 5.93. The third-order valence-electron chi connectivity index (χ3n) is 3.92. The van der Waals surface area contributed by atoms with Gasteiger partial charge in [0.2, 0.25) is 0 Å². The number of hydrogen-bond donors (Lipinski definition) is 2. The average molecular weight is 303 g/mol. The Kier molecular flexibility index (Phi) is 5.27. The van der Waals surface area contributed by atoms with Gasteiger partial charge in [-0.05, 0) is 18.1 Å². The van der Waals surface area contributed by atoms with Gasteiger partial charge in [-0.2, -0.15) is 0 Å². The topological polar surface area (TPSA) is 83.7 Å². The van der Waals surface area contributed by atoms with Crippen LogP contribution in [0, 0.1) is 5.92 Å². The van der Waals surface area contributed by atoms with Crippen LogP contribution in [0.15, 0.2) is 35.4 Å². The molecule has 0 saturated carbocycles. The van der Waals surface area contributed by atoms with Gasteiger partial charge in [-0.25, -0.2) is 4.98 Å². The van der Waals surface area contributed by atoms with Crippen molar-refractivity contribution < 1.29 is 9.90 Å². The fourth-order valence-electron chi connectivity index (χ4n) is 2.47. The van der Waals surface area contributed by atoms with Crippen LogP contribution in [0.25, 0.3) is 5.65 Å². The Bertz CT molecular complexity index is 707. The van der Waals surface area contributed by atoms with E-state index in [1.54, 1.807) is 24.4 Å². The van der Waals surface area contributed by atoms with Gasteiger partial charge in [0, 0.05) is 18.9 Å². The normalized spacial score (nSPS) is 12.5. The third kappa shape index (κ3) is 3.33. The Morgan fingerprint density at radius 2 is 2.09 bits per heavy atom. The van der Waals surface area contributed by atoms with E-state index in [0.29, 0.717) is 5.65 Å². The number of aliphatic hydroxyl groups is 1. The predicted octanol–water partition coefficient (Wildman–Crippen LogP) is 1.22. The molecule has 0 aliphatic carbocycles. The lowest BCUT2D eigenvalue weighted by Gasteiger charge is -2.20. The molecule has 1 atom stereocenters. The molecule has 6 nitrogen and oxygen atoms in total. The Morgan fingerprint density at radius 1 is 1.36 bits per heavy atom. The smallest absolute Gasteiger partial charge is 0.270 e. The number of fused-ring (bicyclic) bond motifs is 1. The molecule has 2 aromatic rings. The second kappa shape index (κ2) is 7.17. The highest BCUT2D eigenvalue weighted by Crippen LogP contribution is 2.12. The summed E-state index contributed by atoms with van der Waals surface area (Å²) in [5.74, 6) is -0.378. The molecule has 0 bridgehead atoms. The number of amides is 1. The number of nitrogens with one attached hydrogen (secondary N) is 1. The van der Waals surface area contributed by atoms with Crippen molar-refractivity contribution in [2.24, 2.45) is 5.92 Å². The van der Waals surface area contributed by atoms with Crippen LogP contribution in [0.1, 0.15) is 37.0 Å². The monoisotopic (exact) mass is 303 g/mol. The maximum absolute atomic E-state index is 12.3. The fourth-order valence-corrected chi connectivity index (χ4v) is 2.47. The van der Waals surface area contributed by atoms with Gasteiger partial charge < -0.3 is 10.4 Å². The van der Waals surface area contributed by atoms with Gasteiger partial charge in [0.05, 0.1) is 6.10 Å². The standard InChI is InChI=1S/C16H21N3O3/c1-3-11(4-2)13(20)10-18-15(21)12-9-17-14-7-5-6-8-19(14)16(12)22/h5-9,11,13,20H,3-4,10H2,1-2H3,(H,18,21). The van der Waals surface area contributed by atoms with Gasteiger partial charge in [-0.1, -0.05) is 32.8 Å². The van der Waals surface area contributed by atoms with Crippen molar-refractivity contribution in [3.05, 3.63) is 46.5 Å². The van der Waals surface area contributed by atoms with E-state index in [4.69, 9.17) is 0 Å². The van der Waals surface area contributed by atoms with Crippen molar-refractivity contribution in [1.29, 1.82) is 0 Å². The van der Waals surface area contributed by atoms with Crippen molar-refractivity contribution in [3.8, 4) is 0 Å². The van der Waals surface area contributed by atoms with Gasteiger partial charge in [0.25, 0.3) is 11.5 Å². The molecule has 0 fully saturated rings. The van der Waals surface area contributed by atoms with Crippen LogP contribution in [0.4, 0.5) is 0 Å². The molecular weight excluding hydrogens is 282 g/mol. The third-order valence-corrected chi connectivity index (χ3v) is 3.92. The SMILES string of the molecule is CCC(CC)C(O)CNC(=O)c1cnc2ccccn2c1=O. The second-order valence-corrected chi connectivity index (χ2v) is 5.26. The molecule has 6 heteroatoms. The summed E-state index contributed by atoms with van der Waals surface area (Å²) >= 11 is 0. The number of carbonyl (C=O) groups excluding carboxylic acids is 1. The number of hydrogen-bond acceptors (Lipinski definition) is 4. The van der Waals surface area contributed by atoms with Crippen LogP contribution in [0.5, 0.6) is 0 Å². The molecule has 2 heterocycles. The average Bonchev–Trinajstić information content (AvgIpc) is 2.54. The van der Waals surface area contributed by atoms with E-state index in [0.717, 1.165) is 12.8 Å². The number of rotatable bonds is 6. The minimum atomic E-state index is -0.616. The van der Waals surface area contributed by atoms with Gasteiger partial charge in [0.15, 0.2) is 0 Å². The first-order valence-corrected chi connectivity index (χ1v) is 7.51. The summed E-state index contributed by atoms with van der Waals surface area (Å²) in [7, 11) is 0. The molecule has 2 rings (SSSR count). The van der Waals surface area contributed by atoms with E-state index in [2.05, 4.69) is 10.3 Å². The highest BCUT2D eigenvalue weighted by atomic mass is 16.3. The molecular formula is C16H21N3O3. The van der Waals surface area contributed by atoms with Gasteiger partial charge in [-0.15, -0.1) is 0 Å². The summed E-state index contributed by atoms with van der Waals surface area (Å²) in [4.78, 5) is 28.5. The van der Waals surface area contributed by atoms with Gasteiger partial charge >= 0.3 is 0 Å². The maximum Gasteiger partial charge on any atom is 0.270 e. The first-order valence-electron chi connectivity index (χ1n) is 7.51. The lowest BCUT2D eigenvalue weighted by molar-refractivity contribution is 0.0815. The number of pyridine rings is 1. The summed E-state index contributed by atoms with van der Waals surface area (Å²) in [6.07, 6.45) is 3.91. The quantitative estimate of drug-likeness (QED) is 0.840. The minimum Gasteiger partial charge on any atom is -0.391 e. The van der Waals surface area contributed by atoms with Crippen LogP contribution in [0.2, 0.25) is 0 Å². The zero-order valence-corrected chi connectivity index (χ0v) is 12.8. The van der Waals surface area contributed by atoms with Crippen molar-refractivity contribution in [2.45, 2.75) is 32.8 Å². The Balaban J connectivity index is 2.14. The van der Waals surface area contributed by atoms with Crippen LogP contribution in [-0.4, -0.2) is 33.0 Å². The number of aromatic nitrogens is 2. The van der Waals surface area contributed by atoms with Crippen molar-refractivity contribution in [2.75, 3.05) is 6.54 Å². The summed E-state index contributed by atoms with van der Waals surface area (Å²) in [5, 5.41) is 12.6. The van der Waals surface area contributed by atoms with Gasteiger partial charge in [0.1, 0.15) is 11.2 Å². The summed E-state index contributed by atoms with van der Waals surface area (Å²) < 4.78 is 1.33. The summed E-state index contributed by atoms with van der Waals surface area (Å²) in [5.41, 5.74) is 0.0432. The largest absolute Gasteiger partial charge is 0.391 e. The number of aliphatic hydroxyl groups excluding tert-OH is 1. The predicted molar refractivity (Wildman–Crippen MR) is 83.9 cm³/mol. The summed E-state index contributed by atoms with van der Waals surface area (Å²) in [6, 6.07) is 5.17. The molecule has 2 aromatic heterocycles.